The van der Waals surface area contributed by atoms with Crippen LogP contribution in [-0.4, -0.2) is 31.6 Å². The molecule has 84 valence electrons. The summed E-state index contributed by atoms with van der Waals surface area (Å²) in [6, 6.07) is 0.0358. The van der Waals surface area contributed by atoms with E-state index in [0.29, 0.717) is 12.5 Å². The number of rotatable bonds is 3. The number of nitrogens with two attached hydrogens (primary N) is 1. The van der Waals surface area contributed by atoms with Crippen LogP contribution in [-0.2, 0) is 4.79 Å². The molecule has 1 aliphatic heterocycles. The molecule has 0 spiro atoms. The van der Waals surface area contributed by atoms with Crippen molar-refractivity contribution in [2.75, 3.05) is 19.6 Å². The average molecular weight is 222 g/mol. The highest BCUT2D eigenvalue weighted by Crippen LogP contribution is 2.15. The Labute approximate surface area is 91.4 Å². The number of hydrogen-bond donors (Lipinski definition) is 3. The number of hydrogen-bond acceptors (Lipinski definition) is 3. The first-order valence-electron chi connectivity index (χ1n) is 4.85. The monoisotopic (exact) mass is 221 g/mol. The van der Waals surface area contributed by atoms with Crippen LogP contribution in [0.2, 0.25) is 0 Å². The van der Waals surface area contributed by atoms with Gasteiger partial charge in [0, 0.05) is 19.1 Å². The van der Waals surface area contributed by atoms with Gasteiger partial charge < -0.3 is 16.4 Å². The summed E-state index contributed by atoms with van der Waals surface area (Å²) in [5, 5.41) is 6.05. The molecule has 5 heteroatoms. The molecule has 1 rings (SSSR count). The summed E-state index contributed by atoms with van der Waals surface area (Å²) in [6.45, 7) is 6.29. The van der Waals surface area contributed by atoms with E-state index in [-0.39, 0.29) is 30.3 Å². The van der Waals surface area contributed by atoms with Crippen LogP contribution >= 0.6 is 12.4 Å². The average Bonchev–Trinajstić information content (AvgIpc) is 2.47. The van der Waals surface area contributed by atoms with E-state index in [4.69, 9.17) is 5.73 Å². The van der Waals surface area contributed by atoms with Gasteiger partial charge in [0.1, 0.15) is 0 Å². The van der Waals surface area contributed by atoms with Gasteiger partial charge in [-0.25, -0.2) is 0 Å². The van der Waals surface area contributed by atoms with Gasteiger partial charge in [-0.1, -0.05) is 6.92 Å². The van der Waals surface area contributed by atoms with E-state index >= 15 is 0 Å². The van der Waals surface area contributed by atoms with E-state index < -0.39 is 0 Å². The molecule has 1 saturated heterocycles. The maximum absolute atomic E-state index is 11.6. The van der Waals surface area contributed by atoms with Gasteiger partial charge in [0.15, 0.2) is 0 Å². The lowest BCUT2D eigenvalue weighted by molar-refractivity contribution is -0.125. The van der Waals surface area contributed by atoms with Crippen LogP contribution in [0.5, 0.6) is 0 Å². The Morgan fingerprint density at radius 1 is 1.64 bits per heavy atom. The number of carbonyl (C=O) groups is 1. The van der Waals surface area contributed by atoms with Gasteiger partial charge in [0.05, 0.1) is 5.92 Å². The van der Waals surface area contributed by atoms with Crippen LogP contribution in [0.25, 0.3) is 0 Å². The molecule has 0 saturated carbocycles. The molecule has 0 aromatic rings. The van der Waals surface area contributed by atoms with Gasteiger partial charge in [-0.05, 0) is 19.4 Å². The van der Waals surface area contributed by atoms with E-state index in [1.165, 1.54) is 0 Å². The highest BCUT2D eigenvalue weighted by Gasteiger charge is 2.29. The summed E-state index contributed by atoms with van der Waals surface area (Å²) in [7, 11) is 0. The first-order valence-corrected chi connectivity index (χ1v) is 4.85. The van der Waals surface area contributed by atoms with Crippen molar-refractivity contribution in [3.05, 3.63) is 0 Å². The summed E-state index contributed by atoms with van der Waals surface area (Å²) in [6.07, 6.45) is 0. The number of halogens is 1. The van der Waals surface area contributed by atoms with Crippen molar-refractivity contribution in [1.82, 2.24) is 10.6 Å². The van der Waals surface area contributed by atoms with Crippen LogP contribution in [0.15, 0.2) is 0 Å². The molecule has 0 aromatic heterocycles. The molecule has 4 nitrogen and oxygen atoms in total. The largest absolute Gasteiger partial charge is 0.354 e. The third-order valence-corrected chi connectivity index (χ3v) is 2.45. The highest BCUT2D eigenvalue weighted by molar-refractivity contribution is 5.85. The second-order valence-corrected chi connectivity index (χ2v) is 3.96. The van der Waals surface area contributed by atoms with Crippen LogP contribution in [0.1, 0.15) is 13.8 Å². The summed E-state index contributed by atoms with van der Waals surface area (Å²) in [5.41, 5.74) is 5.54. The molecule has 1 heterocycles. The topological polar surface area (TPSA) is 67.1 Å². The zero-order valence-corrected chi connectivity index (χ0v) is 9.56. The normalized spacial score (nSPS) is 27.9. The summed E-state index contributed by atoms with van der Waals surface area (Å²) in [4.78, 5) is 11.6. The van der Waals surface area contributed by atoms with Gasteiger partial charge in [0.2, 0.25) is 5.91 Å². The second kappa shape index (κ2) is 6.22. The SMILES string of the molecule is CC(N)CNC(=O)[C@@H]1CNC[C@H]1C.Cl. The molecular formula is C9H20ClN3O. The Morgan fingerprint density at radius 2 is 2.29 bits per heavy atom. The first-order chi connectivity index (χ1) is 6.11. The fraction of sp³-hybridized carbons (Fsp3) is 0.889. The minimum atomic E-state index is 0. The predicted octanol–water partition coefficient (Wildman–Crippen LogP) is -0.273. The van der Waals surface area contributed by atoms with Crippen molar-refractivity contribution in [2.45, 2.75) is 19.9 Å². The molecule has 4 N–H and O–H groups in total. The summed E-state index contributed by atoms with van der Waals surface area (Å²) >= 11 is 0. The van der Waals surface area contributed by atoms with Gasteiger partial charge in [-0.3, -0.25) is 4.79 Å². The maximum Gasteiger partial charge on any atom is 0.224 e. The molecule has 0 aliphatic carbocycles. The molecule has 0 aromatic carbocycles. The fourth-order valence-corrected chi connectivity index (χ4v) is 1.55. The fourth-order valence-electron chi connectivity index (χ4n) is 1.55. The van der Waals surface area contributed by atoms with Crippen molar-refractivity contribution in [1.29, 1.82) is 0 Å². The van der Waals surface area contributed by atoms with E-state index in [9.17, 15) is 4.79 Å². The summed E-state index contributed by atoms with van der Waals surface area (Å²) in [5.74, 6) is 0.696. The lowest BCUT2D eigenvalue weighted by Gasteiger charge is -2.15. The minimum Gasteiger partial charge on any atom is -0.354 e. The van der Waals surface area contributed by atoms with Crippen molar-refractivity contribution < 1.29 is 4.79 Å². The lowest BCUT2D eigenvalue weighted by Crippen LogP contribution is -2.40. The van der Waals surface area contributed by atoms with Crippen molar-refractivity contribution >= 4 is 18.3 Å². The summed E-state index contributed by atoms with van der Waals surface area (Å²) < 4.78 is 0. The Hall–Kier alpha value is -0.320. The molecule has 1 fully saturated rings. The Bertz CT molecular complexity index is 187. The Balaban J connectivity index is 0.00000169. The van der Waals surface area contributed by atoms with Crippen LogP contribution in [0.3, 0.4) is 0 Å². The number of carbonyl (C=O) groups excluding carboxylic acids is 1. The van der Waals surface area contributed by atoms with Crippen LogP contribution in [0, 0.1) is 11.8 Å². The Kier molecular flexibility index (Phi) is 6.08. The second-order valence-electron chi connectivity index (χ2n) is 3.96. The van der Waals surface area contributed by atoms with Gasteiger partial charge in [0.25, 0.3) is 0 Å². The van der Waals surface area contributed by atoms with Crippen LogP contribution < -0.4 is 16.4 Å². The van der Waals surface area contributed by atoms with Crippen molar-refractivity contribution in [3.63, 3.8) is 0 Å². The van der Waals surface area contributed by atoms with Gasteiger partial charge >= 0.3 is 0 Å². The molecule has 1 aliphatic rings. The molecule has 1 unspecified atom stereocenters. The predicted molar refractivity (Wildman–Crippen MR) is 59.4 cm³/mol. The van der Waals surface area contributed by atoms with Crippen LogP contribution in [0.4, 0.5) is 0 Å². The van der Waals surface area contributed by atoms with E-state index in [1.807, 2.05) is 6.92 Å². The van der Waals surface area contributed by atoms with E-state index in [2.05, 4.69) is 17.6 Å². The first kappa shape index (κ1) is 13.7. The smallest absolute Gasteiger partial charge is 0.224 e. The van der Waals surface area contributed by atoms with Crippen molar-refractivity contribution in [3.8, 4) is 0 Å². The zero-order chi connectivity index (χ0) is 9.84. The third-order valence-electron chi connectivity index (χ3n) is 2.45. The molecule has 14 heavy (non-hydrogen) atoms. The molecule has 1 amide bonds. The zero-order valence-electron chi connectivity index (χ0n) is 8.75. The lowest BCUT2D eigenvalue weighted by atomic mass is 9.97. The molecule has 0 radical (unpaired) electrons. The van der Waals surface area contributed by atoms with Gasteiger partial charge in [-0.15, -0.1) is 12.4 Å². The molecule has 0 bridgehead atoms. The standard InChI is InChI=1S/C9H19N3O.ClH/c1-6-3-11-5-8(6)9(13)12-4-7(2)10;/h6-8,11H,3-5,10H2,1-2H3,(H,12,13);1H/t6-,7?,8-;/m1./s1. The van der Waals surface area contributed by atoms with Crippen molar-refractivity contribution in [2.24, 2.45) is 17.6 Å². The number of amides is 1. The highest BCUT2D eigenvalue weighted by atomic mass is 35.5. The van der Waals surface area contributed by atoms with E-state index in [1.54, 1.807) is 0 Å². The maximum atomic E-state index is 11.6. The van der Waals surface area contributed by atoms with E-state index in [0.717, 1.165) is 13.1 Å². The number of nitrogens with one attached hydrogen (secondary N) is 2. The minimum absolute atomic E-state index is 0. The molecule has 3 atom stereocenters. The Morgan fingerprint density at radius 3 is 2.71 bits per heavy atom. The quantitative estimate of drug-likeness (QED) is 0.615. The third kappa shape index (κ3) is 3.82. The van der Waals surface area contributed by atoms with Gasteiger partial charge in [-0.2, -0.15) is 0 Å². The molecular weight excluding hydrogens is 202 g/mol.